The smallest absolute Gasteiger partial charge is 0.289 e. The van der Waals surface area contributed by atoms with Crippen molar-refractivity contribution in [2.45, 2.75) is 18.9 Å². The summed E-state index contributed by atoms with van der Waals surface area (Å²) in [4.78, 5) is 16.9. The van der Waals surface area contributed by atoms with Gasteiger partial charge >= 0.3 is 0 Å². The quantitative estimate of drug-likeness (QED) is 0.843. The number of halogens is 1. The molecule has 3 heterocycles. The minimum Gasteiger partial charge on any atom is -0.451 e. The summed E-state index contributed by atoms with van der Waals surface area (Å²) >= 11 is 0. The molecule has 1 amide bonds. The Bertz CT molecular complexity index is 745. The van der Waals surface area contributed by atoms with E-state index in [4.69, 9.17) is 9.15 Å². The van der Waals surface area contributed by atoms with E-state index in [0.29, 0.717) is 30.7 Å². The molecule has 1 aromatic carbocycles. The number of carbonyl (C=O) groups is 1. The van der Waals surface area contributed by atoms with Crippen LogP contribution in [0.25, 0.3) is 11.3 Å². The minimum absolute atomic E-state index is 0.0878. The third kappa shape index (κ3) is 3.81. The predicted molar refractivity (Wildman–Crippen MR) is 95.4 cm³/mol. The molecule has 0 aliphatic carbocycles. The lowest BCUT2D eigenvalue weighted by molar-refractivity contribution is 0.0417. The lowest BCUT2D eigenvalue weighted by Gasteiger charge is -2.35. The fourth-order valence-corrected chi connectivity index (χ4v) is 3.59. The fourth-order valence-electron chi connectivity index (χ4n) is 3.59. The van der Waals surface area contributed by atoms with Crippen molar-refractivity contribution in [2.75, 3.05) is 39.3 Å². The van der Waals surface area contributed by atoms with Crippen LogP contribution in [-0.2, 0) is 4.74 Å². The van der Waals surface area contributed by atoms with Gasteiger partial charge in [-0.1, -0.05) is 0 Å². The molecule has 4 rings (SSSR count). The van der Waals surface area contributed by atoms with Gasteiger partial charge in [0.2, 0.25) is 0 Å². The fraction of sp³-hybridized carbons (Fsp3) is 0.450. The van der Waals surface area contributed by atoms with E-state index < -0.39 is 0 Å². The van der Waals surface area contributed by atoms with Crippen LogP contribution in [0.3, 0.4) is 0 Å². The average Bonchev–Trinajstić information content (AvgIpc) is 3.34. The predicted octanol–water partition coefficient (Wildman–Crippen LogP) is 3.02. The van der Waals surface area contributed by atoms with Gasteiger partial charge in [0, 0.05) is 44.9 Å². The van der Waals surface area contributed by atoms with E-state index in [2.05, 4.69) is 4.90 Å². The van der Waals surface area contributed by atoms with Crippen LogP contribution in [0.2, 0.25) is 0 Å². The minimum atomic E-state index is -0.294. The van der Waals surface area contributed by atoms with Crippen molar-refractivity contribution in [2.24, 2.45) is 0 Å². The van der Waals surface area contributed by atoms with Gasteiger partial charge in [0.1, 0.15) is 11.6 Å². The van der Waals surface area contributed by atoms with Crippen LogP contribution in [-0.4, -0.2) is 61.1 Å². The number of ether oxygens (including phenoxy) is 1. The van der Waals surface area contributed by atoms with Gasteiger partial charge in [-0.25, -0.2) is 4.39 Å². The summed E-state index contributed by atoms with van der Waals surface area (Å²) in [5.74, 6) is 0.523. The highest BCUT2D eigenvalue weighted by Crippen LogP contribution is 2.23. The van der Waals surface area contributed by atoms with Crippen molar-refractivity contribution in [1.82, 2.24) is 9.80 Å². The topological polar surface area (TPSA) is 45.9 Å². The highest BCUT2D eigenvalue weighted by atomic mass is 19.1. The lowest BCUT2D eigenvalue weighted by Crippen LogP contribution is -2.50. The number of hydrogen-bond acceptors (Lipinski definition) is 4. The second-order valence-corrected chi connectivity index (χ2v) is 6.90. The monoisotopic (exact) mass is 358 g/mol. The van der Waals surface area contributed by atoms with E-state index in [9.17, 15) is 9.18 Å². The van der Waals surface area contributed by atoms with Gasteiger partial charge in [-0.05, 0) is 49.2 Å². The number of furan rings is 1. The number of amides is 1. The van der Waals surface area contributed by atoms with Gasteiger partial charge in [0.05, 0.1) is 6.10 Å². The Kier molecular flexibility index (Phi) is 5.04. The molecule has 2 aliphatic heterocycles. The SMILES string of the molecule is O=C(c1ccc(-c2ccc(F)cc2)o1)N1CCN(C[C@@H]2CCCO2)CC1. The molecule has 1 aromatic heterocycles. The van der Waals surface area contributed by atoms with Crippen LogP contribution in [0.5, 0.6) is 0 Å². The Morgan fingerprint density at radius 2 is 1.85 bits per heavy atom. The maximum Gasteiger partial charge on any atom is 0.289 e. The van der Waals surface area contributed by atoms with Crippen molar-refractivity contribution < 1.29 is 18.3 Å². The molecule has 0 bridgehead atoms. The Hall–Kier alpha value is -2.18. The average molecular weight is 358 g/mol. The molecule has 2 aliphatic rings. The summed E-state index contributed by atoms with van der Waals surface area (Å²) in [5.41, 5.74) is 0.756. The molecule has 2 fully saturated rings. The van der Waals surface area contributed by atoms with Crippen molar-refractivity contribution in [3.8, 4) is 11.3 Å². The van der Waals surface area contributed by atoms with Crippen molar-refractivity contribution in [3.05, 3.63) is 48.0 Å². The first-order valence-electron chi connectivity index (χ1n) is 9.18. The molecule has 26 heavy (non-hydrogen) atoms. The number of rotatable bonds is 4. The van der Waals surface area contributed by atoms with Gasteiger partial charge in [0.25, 0.3) is 5.91 Å². The molecule has 2 saturated heterocycles. The zero-order valence-electron chi connectivity index (χ0n) is 14.7. The van der Waals surface area contributed by atoms with Crippen LogP contribution in [0.4, 0.5) is 4.39 Å². The van der Waals surface area contributed by atoms with Gasteiger partial charge in [-0.15, -0.1) is 0 Å². The number of carbonyl (C=O) groups excluding carboxylic acids is 1. The summed E-state index contributed by atoms with van der Waals surface area (Å²) in [6.07, 6.45) is 2.64. The van der Waals surface area contributed by atoms with Gasteiger partial charge in [0.15, 0.2) is 5.76 Å². The van der Waals surface area contributed by atoms with Gasteiger partial charge in [-0.3, -0.25) is 9.69 Å². The van der Waals surface area contributed by atoms with E-state index in [1.165, 1.54) is 12.1 Å². The maximum atomic E-state index is 13.0. The maximum absolute atomic E-state index is 13.0. The molecule has 0 saturated carbocycles. The Balaban J connectivity index is 1.34. The van der Waals surface area contributed by atoms with E-state index in [1.807, 2.05) is 4.90 Å². The third-order valence-corrected chi connectivity index (χ3v) is 5.09. The lowest BCUT2D eigenvalue weighted by atomic mass is 10.2. The van der Waals surface area contributed by atoms with E-state index >= 15 is 0 Å². The number of hydrogen-bond donors (Lipinski definition) is 0. The van der Waals surface area contributed by atoms with Crippen LogP contribution in [0.1, 0.15) is 23.4 Å². The summed E-state index contributed by atoms with van der Waals surface area (Å²) < 4.78 is 24.4. The largest absolute Gasteiger partial charge is 0.451 e. The van der Waals surface area contributed by atoms with Crippen molar-refractivity contribution in [3.63, 3.8) is 0 Å². The zero-order chi connectivity index (χ0) is 17.9. The number of nitrogens with zero attached hydrogens (tertiary/aromatic N) is 2. The van der Waals surface area contributed by atoms with Crippen LogP contribution in [0.15, 0.2) is 40.8 Å². The molecular weight excluding hydrogens is 335 g/mol. The molecule has 0 spiro atoms. The Labute approximate surface area is 152 Å². The van der Waals surface area contributed by atoms with Crippen LogP contribution < -0.4 is 0 Å². The highest BCUT2D eigenvalue weighted by molar-refractivity contribution is 5.92. The molecule has 5 nitrogen and oxygen atoms in total. The molecule has 0 N–H and O–H groups in total. The first kappa shape index (κ1) is 17.2. The molecule has 6 heteroatoms. The summed E-state index contributed by atoms with van der Waals surface area (Å²) in [6.45, 7) is 4.93. The first-order valence-corrected chi connectivity index (χ1v) is 9.18. The standard InChI is InChI=1S/C20H23FN2O3/c21-16-5-3-15(4-6-16)18-7-8-19(26-18)20(24)23-11-9-22(10-12-23)14-17-2-1-13-25-17/h3-8,17H,1-2,9-14H2/t17-/m0/s1. The molecule has 1 atom stereocenters. The number of piperazine rings is 1. The second kappa shape index (κ2) is 7.60. The molecule has 2 aromatic rings. The molecule has 0 radical (unpaired) electrons. The van der Waals surface area contributed by atoms with Crippen LogP contribution >= 0.6 is 0 Å². The van der Waals surface area contributed by atoms with Crippen LogP contribution in [0, 0.1) is 5.82 Å². The summed E-state index contributed by atoms with van der Waals surface area (Å²) in [7, 11) is 0. The van der Waals surface area contributed by atoms with Crippen molar-refractivity contribution in [1.29, 1.82) is 0 Å². The first-order chi connectivity index (χ1) is 12.7. The summed E-state index contributed by atoms with van der Waals surface area (Å²) in [5, 5.41) is 0. The second-order valence-electron chi connectivity index (χ2n) is 6.90. The van der Waals surface area contributed by atoms with Crippen molar-refractivity contribution >= 4 is 5.91 Å². The van der Waals surface area contributed by atoms with E-state index in [0.717, 1.165) is 44.6 Å². The zero-order valence-corrected chi connectivity index (χ0v) is 14.7. The van der Waals surface area contributed by atoms with E-state index in [-0.39, 0.29) is 11.7 Å². The molecule has 0 unspecified atom stereocenters. The molecular formula is C20H23FN2O3. The normalized spacial score (nSPS) is 21.3. The number of benzene rings is 1. The van der Waals surface area contributed by atoms with E-state index in [1.54, 1.807) is 24.3 Å². The Morgan fingerprint density at radius 1 is 1.08 bits per heavy atom. The third-order valence-electron chi connectivity index (χ3n) is 5.09. The molecule has 138 valence electrons. The highest BCUT2D eigenvalue weighted by Gasteiger charge is 2.26. The summed E-state index contributed by atoms with van der Waals surface area (Å²) in [6, 6.07) is 9.51. The van der Waals surface area contributed by atoms with Gasteiger partial charge in [-0.2, -0.15) is 0 Å². The Morgan fingerprint density at radius 3 is 2.54 bits per heavy atom. The van der Waals surface area contributed by atoms with Gasteiger partial charge < -0.3 is 14.1 Å².